The quantitative estimate of drug-likeness (QED) is 0.206. The third-order valence-electron chi connectivity index (χ3n) is 6.03. The third kappa shape index (κ3) is 4.68. The number of amides is 1. The van der Waals surface area contributed by atoms with E-state index in [-0.39, 0.29) is 37.0 Å². The van der Waals surface area contributed by atoms with Gasteiger partial charge in [0.25, 0.3) is 5.91 Å². The van der Waals surface area contributed by atoms with Crippen LogP contribution in [-0.4, -0.2) is 23.9 Å². The van der Waals surface area contributed by atoms with Gasteiger partial charge in [-0.25, -0.2) is 0 Å². The molecule has 3 aliphatic rings. The van der Waals surface area contributed by atoms with E-state index in [0.717, 1.165) is 16.8 Å². The molecular formula is C20H18F8N2OS3. The lowest BCUT2D eigenvalue weighted by Crippen LogP contribution is -2.78. The van der Waals surface area contributed by atoms with Gasteiger partial charge in [0.05, 0.1) is 16.7 Å². The van der Waals surface area contributed by atoms with Crippen molar-refractivity contribution in [2.45, 2.75) is 45.7 Å². The highest BCUT2D eigenvalue weighted by Gasteiger charge is 2.79. The molecule has 188 valence electrons. The number of carbonyl (C=O) groups excluding carboxylic acids is 1. The number of hydrogen-bond acceptors (Lipinski definition) is 4. The fourth-order valence-electron chi connectivity index (χ4n) is 4.33. The first-order valence-electron chi connectivity index (χ1n) is 9.70. The topological polar surface area (TPSA) is 41.1 Å². The summed E-state index contributed by atoms with van der Waals surface area (Å²) in [5.74, 6) is -0.940. The van der Waals surface area contributed by atoms with E-state index in [0.29, 0.717) is 11.0 Å². The van der Waals surface area contributed by atoms with Crippen LogP contribution in [0.2, 0.25) is 0 Å². The lowest BCUT2D eigenvalue weighted by molar-refractivity contribution is -0.336. The normalized spacial score (nSPS) is 25.9. The van der Waals surface area contributed by atoms with Gasteiger partial charge in [-0.15, -0.1) is 11.8 Å². The smallest absolute Gasteiger partial charge is 0.346 e. The molecular weight excluding hydrogens is 532 g/mol. The van der Waals surface area contributed by atoms with Crippen LogP contribution < -0.4 is 10.0 Å². The highest BCUT2D eigenvalue weighted by Crippen LogP contribution is 3.02. The zero-order chi connectivity index (χ0) is 25.3. The van der Waals surface area contributed by atoms with Gasteiger partial charge in [0, 0.05) is 15.3 Å². The molecule has 0 aromatic heterocycles. The molecule has 2 bridgehead atoms. The summed E-state index contributed by atoms with van der Waals surface area (Å²) in [7, 11) is -10.0. The molecule has 3 saturated carbocycles. The second-order valence-electron chi connectivity index (χ2n) is 8.60. The van der Waals surface area contributed by atoms with Crippen LogP contribution in [0.4, 0.5) is 38.3 Å². The van der Waals surface area contributed by atoms with Crippen LogP contribution in [0.25, 0.3) is 0 Å². The van der Waals surface area contributed by atoms with Gasteiger partial charge >= 0.3 is 16.4 Å². The summed E-state index contributed by atoms with van der Waals surface area (Å²) in [6, 6.07) is 7.65. The number of halogens is 8. The minimum absolute atomic E-state index is 0.110. The Hall–Kier alpha value is -1.80. The van der Waals surface area contributed by atoms with Gasteiger partial charge in [0.2, 0.25) is 0 Å². The fourth-order valence-corrected chi connectivity index (χ4v) is 6.08. The highest BCUT2D eigenvalue weighted by atomic mass is 32.5. The Kier molecular flexibility index (Phi) is 5.30. The molecule has 0 spiro atoms. The van der Waals surface area contributed by atoms with Crippen molar-refractivity contribution in [2.75, 3.05) is 11.0 Å². The van der Waals surface area contributed by atoms with Crippen molar-refractivity contribution in [1.82, 2.24) is 5.32 Å². The average Bonchev–Trinajstić information content (AvgIpc) is 2.65. The van der Waals surface area contributed by atoms with Gasteiger partial charge in [-0.3, -0.25) is 4.79 Å². The Morgan fingerprint density at radius 3 is 2.00 bits per heavy atom. The van der Waals surface area contributed by atoms with E-state index in [1.54, 1.807) is 24.3 Å². The zero-order valence-corrected chi connectivity index (χ0v) is 19.8. The SMILES string of the molecule is CSc1ccc(SNc2cc(S(F)(F)(F)(F)F)ccc2C(=O)NC23CC(C(F)(F)F)(C2)C3)cc1. The van der Waals surface area contributed by atoms with Crippen molar-refractivity contribution in [3.8, 4) is 0 Å². The molecule has 34 heavy (non-hydrogen) atoms. The number of hydrogen-bond donors (Lipinski definition) is 2. The Bertz CT molecular complexity index is 1130. The van der Waals surface area contributed by atoms with Crippen LogP contribution in [0, 0.1) is 5.41 Å². The summed E-state index contributed by atoms with van der Waals surface area (Å²) in [6.07, 6.45) is -3.52. The van der Waals surface area contributed by atoms with Gasteiger partial charge in [0.15, 0.2) is 0 Å². The molecule has 0 aliphatic heterocycles. The lowest BCUT2D eigenvalue weighted by Gasteiger charge is -2.70. The molecule has 0 heterocycles. The molecule has 3 nitrogen and oxygen atoms in total. The van der Waals surface area contributed by atoms with Crippen molar-refractivity contribution in [3.63, 3.8) is 0 Å². The molecule has 3 fully saturated rings. The van der Waals surface area contributed by atoms with Gasteiger partial charge in [-0.2, -0.15) is 13.2 Å². The first kappa shape index (κ1) is 25.3. The van der Waals surface area contributed by atoms with Gasteiger partial charge < -0.3 is 10.0 Å². The molecule has 1 amide bonds. The molecule has 2 aromatic rings. The molecule has 2 aromatic carbocycles. The number of alkyl halides is 3. The molecule has 0 unspecified atom stereocenters. The summed E-state index contributed by atoms with van der Waals surface area (Å²) in [4.78, 5) is 12.0. The van der Waals surface area contributed by atoms with E-state index in [2.05, 4.69) is 10.0 Å². The van der Waals surface area contributed by atoms with E-state index in [1.807, 2.05) is 6.26 Å². The largest absolute Gasteiger partial charge is 0.394 e. The molecule has 14 heteroatoms. The van der Waals surface area contributed by atoms with E-state index >= 15 is 0 Å². The minimum atomic E-state index is -10.0. The highest BCUT2D eigenvalue weighted by molar-refractivity contribution is 8.45. The molecule has 0 saturated heterocycles. The molecule has 5 rings (SSSR count). The number of carbonyl (C=O) groups is 1. The predicted molar refractivity (Wildman–Crippen MR) is 118 cm³/mol. The first-order valence-corrected chi connectivity index (χ1v) is 13.7. The first-order chi connectivity index (χ1) is 15.4. The molecule has 3 aliphatic carbocycles. The molecule has 2 N–H and O–H groups in total. The van der Waals surface area contributed by atoms with Crippen molar-refractivity contribution >= 4 is 45.5 Å². The summed E-state index contributed by atoms with van der Waals surface area (Å²) < 4.78 is 108. The minimum Gasteiger partial charge on any atom is -0.346 e. The maximum atomic E-state index is 13.4. The van der Waals surface area contributed by atoms with E-state index in [1.165, 1.54) is 11.8 Å². The predicted octanol–water partition coefficient (Wildman–Crippen LogP) is 8.40. The molecule has 0 atom stereocenters. The summed E-state index contributed by atoms with van der Waals surface area (Å²) >= 11 is 2.27. The van der Waals surface area contributed by atoms with Crippen LogP contribution in [0.15, 0.2) is 57.2 Å². The summed E-state index contributed by atoms with van der Waals surface area (Å²) in [5, 5.41) is 2.45. The van der Waals surface area contributed by atoms with Crippen molar-refractivity contribution in [2.24, 2.45) is 5.41 Å². The Balaban J connectivity index is 1.58. The Morgan fingerprint density at radius 1 is 0.941 bits per heavy atom. The average molecular weight is 551 g/mol. The van der Waals surface area contributed by atoms with Gasteiger partial charge in [-0.1, -0.05) is 19.4 Å². The van der Waals surface area contributed by atoms with E-state index in [9.17, 15) is 37.4 Å². The maximum Gasteiger partial charge on any atom is 0.394 e. The van der Waals surface area contributed by atoms with Crippen molar-refractivity contribution in [1.29, 1.82) is 0 Å². The second-order valence-corrected chi connectivity index (χ2v) is 12.8. The fraction of sp³-hybridized carbons (Fsp3) is 0.350. The second kappa shape index (κ2) is 7.12. The number of thioether (sulfide) groups is 1. The molecule has 0 radical (unpaired) electrons. The third-order valence-corrected chi connectivity index (χ3v) is 8.75. The number of anilines is 1. The van der Waals surface area contributed by atoms with Crippen LogP contribution in [0.3, 0.4) is 0 Å². The number of nitrogens with one attached hydrogen (secondary N) is 2. The maximum absolute atomic E-state index is 13.4. The standard InChI is InChI=1S/C20H18F8N2OS3/c1-32-12-2-4-13(5-3-12)33-30-16-8-14(34(24,25,26,27)28)6-7-15(16)17(31)29-19-9-18(10-19,11-19)20(21,22)23/h2-8,30H,9-11H2,1H3,(H,29,31). The van der Waals surface area contributed by atoms with Crippen molar-refractivity contribution in [3.05, 3.63) is 48.0 Å². The van der Waals surface area contributed by atoms with Gasteiger partial charge in [0.1, 0.15) is 4.90 Å². The van der Waals surface area contributed by atoms with Crippen LogP contribution >= 0.6 is 33.9 Å². The summed E-state index contributed by atoms with van der Waals surface area (Å²) in [6.45, 7) is 0. The van der Waals surface area contributed by atoms with Crippen molar-refractivity contribution < 1.29 is 37.4 Å². The monoisotopic (exact) mass is 550 g/mol. The Labute approximate surface area is 198 Å². The van der Waals surface area contributed by atoms with Crippen LogP contribution in [-0.2, 0) is 0 Å². The van der Waals surface area contributed by atoms with E-state index in [4.69, 9.17) is 0 Å². The Morgan fingerprint density at radius 2 is 1.50 bits per heavy atom. The number of rotatable bonds is 7. The number of benzene rings is 2. The van der Waals surface area contributed by atoms with E-state index < -0.39 is 43.8 Å². The van der Waals surface area contributed by atoms with Gasteiger partial charge in [-0.05, 0) is 79.9 Å². The van der Waals surface area contributed by atoms with Crippen LogP contribution in [0.5, 0.6) is 0 Å². The lowest BCUT2D eigenvalue weighted by atomic mass is 9.39. The summed E-state index contributed by atoms with van der Waals surface area (Å²) in [5.41, 5.74) is -3.85. The van der Waals surface area contributed by atoms with Crippen LogP contribution in [0.1, 0.15) is 29.6 Å². The zero-order valence-electron chi connectivity index (χ0n) is 17.3.